The highest BCUT2D eigenvalue weighted by molar-refractivity contribution is 5.97. The number of H-pyrrole nitrogens is 1. The average Bonchev–Trinajstić information content (AvgIpc) is 3.13. The van der Waals surface area contributed by atoms with E-state index in [-0.39, 0.29) is 18.1 Å². The lowest BCUT2D eigenvalue weighted by Gasteiger charge is -2.12. The van der Waals surface area contributed by atoms with E-state index in [4.69, 9.17) is 9.47 Å². The van der Waals surface area contributed by atoms with Gasteiger partial charge in [0.05, 0.1) is 6.61 Å². The quantitative estimate of drug-likeness (QED) is 0.392. The second-order valence-corrected chi connectivity index (χ2v) is 6.69. The molecule has 0 spiro atoms. The normalized spacial score (nSPS) is 10.4. The fourth-order valence-electron chi connectivity index (χ4n) is 2.61. The zero-order valence-electron chi connectivity index (χ0n) is 16.7. The first-order valence-corrected chi connectivity index (χ1v) is 9.11. The van der Waals surface area contributed by atoms with Crippen molar-refractivity contribution in [3.8, 4) is 5.75 Å². The summed E-state index contributed by atoms with van der Waals surface area (Å²) in [5, 5.41) is 2.68. The topological polar surface area (TPSA) is 97.5 Å². The third-order valence-corrected chi connectivity index (χ3v) is 4.31. The van der Waals surface area contributed by atoms with Crippen LogP contribution in [0.15, 0.2) is 24.4 Å². The molecule has 1 aromatic heterocycles. The molecule has 1 amide bonds. The van der Waals surface area contributed by atoms with Gasteiger partial charge < -0.3 is 19.8 Å². The van der Waals surface area contributed by atoms with Crippen LogP contribution in [0.2, 0.25) is 0 Å². The van der Waals surface area contributed by atoms with Crippen LogP contribution in [-0.4, -0.2) is 42.4 Å². The summed E-state index contributed by atoms with van der Waals surface area (Å²) in [4.78, 5) is 37.5. The Hall–Kier alpha value is -3.09. The number of ether oxygens (including phenoxy) is 2. The minimum atomic E-state index is -0.684. The van der Waals surface area contributed by atoms with E-state index in [2.05, 4.69) is 16.4 Å². The molecule has 0 aliphatic carbocycles. The van der Waals surface area contributed by atoms with Gasteiger partial charge in [-0.2, -0.15) is 0 Å². The number of aromatic amines is 1. The highest BCUT2D eigenvalue weighted by atomic mass is 16.5. The Morgan fingerprint density at radius 2 is 1.86 bits per heavy atom. The molecule has 2 N–H and O–H groups in total. The van der Waals surface area contributed by atoms with Gasteiger partial charge in [-0.15, -0.1) is 0 Å². The second kappa shape index (κ2) is 9.73. The van der Waals surface area contributed by atoms with Crippen molar-refractivity contribution in [2.24, 2.45) is 0 Å². The lowest BCUT2D eigenvalue weighted by atomic mass is 10.1. The van der Waals surface area contributed by atoms with Gasteiger partial charge in [-0.3, -0.25) is 9.59 Å². The number of hydrogen-bond acceptors (Lipinski definition) is 5. The van der Waals surface area contributed by atoms with Crippen LogP contribution in [0, 0.1) is 20.8 Å². The first kappa shape index (κ1) is 21.2. The number of carbonyl (C=O) groups excluding carboxylic acids is 3. The molecule has 2 aromatic rings. The van der Waals surface area contributed by atoms with Crippen LogP contribution >= 0.6 is 0 Å². The summed E-state index contributed by atoms with van der Waals surface area (Å²) in [6, 6.07) is 5.51. The van der Waals surface area contributed by atoms with Crippen molar-refractivity contribution in [1.29, 1.82) is 0 Å². The average molecular weight is 386 g/mol. The molecule has 7 heteroatoms. The Morgan fingerprint density at radius 1 is 1.11 bits per heavy atom. The molecule has 1 heterocycles. The number of aryl methyl sites for hydroxylation is 2. The molecule has 0 unspecified atom stereocenters. The number of rotatable bonds is 9. The van der Waals surface area contributed by atoms with E-state index in [1.807, 2.05) is 26.8 Å². The molecule has 0 saturated heterocycles. The van der Waals surface area contributed by atoms with E-state index in [0.29, 0.717) is 25.1 Å². The van der Waals surface area contributed by atoms with Crippen molar-refractivity contribution in [3.63, 3.8) is 0 Å². The molecule has 0 fully saturated rings. The van der Waals surface area contributed by atoms with Crippen LogP contribution in [0.25, 0.3) is 0 Å². The van der Waals surface area contributed by atoms with Gasteiger partial charge in [-0.1, -0.05) is 6.07 Å². The monoisotopic (exact) mass is 386 g/mol. The van der Waals surface area contributed by atoms with Crippen molar-refractivity contribution in [2.45, 2.75) is 34.1 Å². The maximum atomic E-state index is 11.8. The molecule has 0 aliphatic rings. The van der Waals surface area contributed by atoms with Crippen molar-refractivity contribution >= 4 is 17.7 Å². The van der Waals surface area contributed by atoms with Crippen molar-refractivity contribution in [2.75, 3.05) is 19.8 Å². The van der Waals surface area contributed by atoms with Crippen LogP contribution in [0.3, 0.4) is 0 Å². The Morgan fingerprint density at radius 3 is 2.54 bits per heavy atom. The van der Waals surface area contributed by atoms with Gasteiger partial charge in [0.25, 0.3) is 5.91 Å². The largest absolute Gasteiger partial charge is 0.493 e. The summed E-state index contributed by atoms with van der Waals surface area (Å²) >= 11 is 0. The molecular formula is C21H26N2O5. The Bertz CT molecular complexity index is 870. The summed E-state index contributed by atoms with van der Waals surface area (Å²) in [6.45, 7) is 7.99. The van der Waals surface area contributed by atoms with Crippen LogP contribution in [0.1, 0.15) is 50.9 Å². The summed E-state index contributed by atoms with van der Waals surface area (Å²) in [5.74, 6) is -0.384. The van der Waals surface area contributed by atoms with E-state index in [1.165, 1.54) is 24.8 Å². The third kappa shape index (κ3) is 5.97. The van der Waals surface area contributed by atoms with E-state index in [1.54, 1.807) is 0 Å². The minimum Gasteiger partial charge on any atom is -0.493 e. The number of carbonyl (C=O) groups is 3. The summed E-state index contributed by atoms with van der Waals surface area (Å²) in [6.07, 6.45) is 2.06. The molecule has 0 bridgehead atoms. The fraction of sp³-hybridized carbons (Fsp3) is 0.381. The Balaban J connectivity index is 1.66. The minimum absolute atomic E-state index is 0.134. The molecule has 7 nitrogen and oxygen atoms in total. The van der Waals surface area contributed by atoms with E-state index < -0.39 is 11.9 Å². The first-order valence-electron chi connectivity index (χ1n) is 9.11. The Labute approximate surface area is 164 Å². The zero-order valence-corrected chi connectivity index (χ0v) is 16.7. The molecule has 0 radical (unpaired) electrons. The summed E-state index contributed by atoms with van der Waals surface area (Å²) in [7, 11) is 0. The number of esters is 1. The molecule has 0 atom stereocenters. The van der Waals surface area contributed by atoms with Crippen LogP contribution in [0.5, 0.6) is 5.75 Å². The van der Waals surface area contributed by atoms with Crippen LogP contribution in [-0.2, 0) is 9.53 Å². The van der Waals surface area contributed by atoms with E-state index in [0.717, 1.165) is 16.9 Å². The molecule has 0 aliphatic heterocycles. The van der Waals surface area contributed by atoms with Crippen LogP contribution < -0.4 is 10.1 Å². The summed E-state index contributed by atoms with van der Waals surface area (Å²) in [5.41, 5.74) is 3.96. The van der Waals surface area contributed by atoms with Gasteiger partial charge in [-0.25, -0.2) is 4.79 Å². The maximum absolute atomic E-state index is 11.8. The smallest absolute Gasteiger partial charge is 0.355 e. The third-order valence-electron chi connectivity index (χ3n) is 4.31. The molecule has 0 saturated carbocycles. The van der Waals surface area contributed by atoms with Crippen molar-refractivity contribution in [1.82, 2.24) is 10.3 Å². The number of aromatic nitrogens is 1. The van der Waals surface area contributed by atoms with Crippen molar-refractivity contribution in [3.05, 3.63) is 52.3 Å². The lowest BCUT2D eigenvalue weighted by Crippen LogP contribution is -2.30. The zero-order chi connectivity index (χ0) is 20.7. The van der Waals surface area contributed by atoms with Crippen LogP contribution in [0.4, 0.5) is 0 Å². The van der Waals surface area contributed by atoms with Gasteiger partial charge in [0.2, 0.25) is 0 Å². The lowest BCUT2D eigenvalue weighted by molar-refractivity contribution is -0.124. The standard InChI is InChI=1S/C21H26N2O5/c1-13-8-14(2)15(3)19(9-13)27-7-5-6-22-20(25)12-28-21(26)18-10-17(11-23-18)16(4)24/h8-11,23H,5-7,12H2,1-4H3,(H,22,25). The highest BCUT2D eigenvalue weighted by Crippen LogP contribution is 2.23. The van der Waals surface area contributed by atoms with E-state index >= 15 is 0 Å². The first-order chi connectivity index (χ1) is 13.3. The number of hydrogen-bond donors (Lipinski definition) is 2. The maximum Gasteiger partial charge on any atom is 0.355 e. The van der Waals surface area contributed by atoms with Gasteiger partial charge in [0.15, 0.2) is 12.4 Å². The SMILES string of the molecule is CC(=O)c1c[nH]c(C(=O)OCC(=O)NCCCOc2cc(C)cc(C)c2C)c1. The highest BCUT2D eigenvalue weighted by Gasteiger charge is 2.13. The summed E-state index contributed by atoms with van der Waals surface area (Å²) < 4.78 is 10.7. The van der Waals surface area contributed by atoms with Gasteiger partial charge in [0.1, 0.15) is 11.4 Å². The molecule has 150 valence electrons. The predicted octanol–water partition coefficient (Wildman–Crippen LogP) is 2.88. The number of Topliss-reactive ketones (excluding diaryl/α,β-unsaturated/α-hetero) is 1. The molecular weight excluding hydrogens is 360 g/mol. The number of benzene rings is 1. The number of ketones is 1. The van der Waals surface area contributed by atoms with Gasteiger partial charge >= 0.3 is 5.97 Å². The van der Waals surface area contributed by atoms with Gasteiger partial charge in [0, 0.05) is 18.3 Å². The number of nitrogens with one attached hydrogen (secondary N) is 2. The van der Waals surface area contributed by atoms with E-state index in [9.17, 15) is 14.4 Å². The Kier molecular flexibility index (Phi) is 7.37. The predicted molar refractivity (Wildman–Crippen MR) is 105 cm³/mol. The second-order valence-electron chi connectivity index (χ2n) is 6.69. The fourth-order valence-corrected chi connectivity index (χ4v) is 2.61. The number of amides is 1. The molecule has 1 aromatic carbocycles. The molecule has 2 rings (SSSR count). The van der Waals surface area contributed by atoms with Gasteiger partial charge in [-0.05, 0) is 62.9 Å². The van der Waals surface area contributed by atoms with Crippen molar-refractivity contribution < 1.29 is 23.9 Å². The molecule has 28 heavy (non-hydrogen) atoms.